The summed E-state index contributed by atoms with van der Waals surface area (Å²) in [6, 6.07) is 0. The van der Waals surface area contributed by atoms with Crippen LogP contribution in [0.15, 0.2) is 0 Å². The highest BCUT2D eigenvalue weighted by Gasteiger charge is 2.44. The number of carbonyl (C=O) groups excluding carboxylic acids is 1. The Bertz CT molecular complexity index is 560. The van der Waals surface area contributed by atoms with Gasteiger partial charge in [-0.05, 0) is 12.8 Å². The SMILES string of the molecule is CCCCCCCCCCCCCCCOCC(COC1OC(CO)C(O)C(O)C1O)OC(=O)CCCC. The molecule has 9 nitrogen and oxygen atoms in total. The molecule has 1 aliphatic heterocycles. The van der Waals surface area contributed by atoms with Crippen molar-refractivity contribution in [1.82, 2.24) is 0 Å². The van der Waals surface area contributed by atoms with Gasteiger partial charge in [0.25, 0.3) is 0 Å². The summed E-state index contributed by atoms with van der Waals surface area (Å²) in [7, 11) is 0. The summed E-state index contributed by atoms with van der Waals surface area (Å²) in [4.78, 5) is 12.2. The van der Waals surface area contributed by atoms with E-state index in [0.717, 1.165) is 25.7 Å². The van der Waals surface area contributed by atoms with Crippen LogP contribution in [0.3, 0.4) is 0 Å². The topological polar surface area (TPSA) is 135 Å². The Morgan fingerprint density at radius 3 is 1.84 bits per heavy atom. The molecule has 4 N–H and O–H groups in total. The van der Waals surface area contributed by atoms with Crippen LogP contribution in [0.25, 0.3) is 0 Å². The lowest BCUT2D eigenvalue weighted by Gasteiger charge is -2.39. The molecule has 0 aromatic rings. The van der Waals surface area contributed by atoms with E-state index in [-0.39, 0.29) is 19.2 Å². The molecule has 0 spiro atoms. The molecule has 9 heteroatoms. The second kappa shape index (κ2) is 22.9. The number of unbranched alkanes of at least 4 members (excludes halogenated alkanes) is 13. The van der Waals surface area contributed by atoms with E-state index in [9.17, 15) is 25.2 Å². The molecule has 0 aromatic carbocycles. The predicted octanol–water partition coefficient (Wildman–Crippen LogP) is 4.01. The van der Waals surface area contributed by atoms with Crippen molar-refractivity contribution in [3.63, 3.8) is 0 Å². The van der Waals surface area contributed by atoms with Gasteiger partial charge in [0.15, 0.2) is 6.29 Å². The van der Waals surface area contributed by atoms with E-state index >= 15 is 0 Å². The highest BCUT2D eigenvalue weighted by Crippen LogP contribution is 2.22. The van der Waals surface area contributed by atoms with Gasteiger partial charge in [-0.15, -0.1) is 0 Å². The van der Waals surface area contributed by atoms with Crippen LogP contribution in [0, 0.1) is 0 Å². The van der Waals surface area contributed by atoms with Crippen molar-refractivity contribution in [3.8, 4) is 0 Å². The number of hydrogen-bond acceptors (Lipinski definition) is 9. The van der Waals surface area contributed by atoms with Gasteiger partial charge in [-0.3, -0.25) is 4.79 Å². The molecule has 6 atom stereocenters. The highest BCUT2D eigenvalue weighted by molar-refractivity contribution is 5.69. The zero-order valence-electron chi connectivity index (χ0n) is 23.9. The smallest absolute Gasteiger partial charge is 0.306 e. The molecule has 1 rings (SSSR count). The van der Waals surface area contributed by atoms with Crippen LogP contribution < -0.4 is 0 Å². The standard InChI is InChI=1S/C29H56O9/c1-3-5-7-8-9-10-11-12-13-14-15-16-17-19-35-21-23(37-25(31)18-6-4-2)22-36-29-28(34)27(33)26(32)24(20-30)38-29/h23-24,26-30,32-34H,3-22H2,1-2H3. The first-order valence-corrected chi connectivity index (χ1v) is 15.1. The van der Waals surface area contributed by atoms with Crippen LogP contribution in [0.4, 0.5) is 0 Å². The van der Waals surface area contributed by atoms with Crippen LogP contribution in [0.1, 0.15) is 117 Å². The summed E-state index contributed by atoms with van der Waals surface area (Å²) in [6.45, 7) is 4.29. The van der Waals surface area contributed by atoms with Gasteiger partial charge in [-0.2, -0.15) is 0 Å². The second-order valence-corrected chi connectivity index (χ2v) is 10.6. The van der Waals surface area contributed by atoms with Gasteiger partial charge in [0.2, 0.25) is 0 Å². The van der Waals surface area contributed by atoms with E-state index < -0.39 is 43.4 Å². The molecule has 1 heterocycles. The first kappa shape index (κ1) is 35.2. The Morgan fingerprint density at radius 2 is 1.29 bits per heavy atom. The lowest BCUT2D eigenvalue weighted by atomic mass is 9.99. The molecule has 0 amide bonds. The lowest BCUT2D eigenvalue weighted by molar-refractivity contribution is -0.305. The normalized spacial score (nSPS) is 24.4. The van der Waals surface area contributed by atoms with Crippen LogP contribution in [-0.2, 0) is 23.7 Å². The van der Waals surface area contributed by atoms with Gasteiger partial charge in [0, 0.05) is 13.0 Å². The molecule has 1 fully saturated rings. The number of carbonyl (C=O) groups is 1. The fourth-order valence-electron chi connectivity index (χ4n) is 4.53. The number of ether oxygens (including phenoxy) is 4. The molecular weight excluding hydrogens is 492 g/mol. The molecule has 38 heavy (non-hydrogen) atoms. The minimum atomic E-state index is -1.52. The van der Waals surface area contributed by atoms with Gasteiger partial charge < -0.3 is 39.4 Å². The number of hydrogen-bond donors (Lipinski definition) is 4. The largest absolute Gasteiger partial charge is 0.457 e. The summed E-state index contributed by atoms with van der Waals surface area (Å²) in [6.07, 6.45) is 11.0. The third kappa shape index (κ3) is 15.7. The van der Waals surface area contributed by atoms with E-state index in [1.807, 2.05) is 6.92 Å². The van der Waals surface area contributed by atoms with Gasteiger partial charge in [0.1, 0.15) is 30.5 Å². The summed E-state index contributed by atoms with van der Waals surface area (Å²) >= 11 is 0. The van der Waals surface area contributed by atoms with Crippen molar-refractivity contribution in [3.05, 3.63) is 0 Å². The highest BCUT2D eigenvalue weighted by atomic mass is 16.7. The third-order valence-electron chi connectivity index (χ3n) is 7.02. The van der Waals surface area contributed by atoms with Crippen molar-refractivity contribution < 1.29 is 44.2 Å². The lowest BCUT2D eigenvalue weighted by Crippen LogP contribution is -2.59. The molecule has 226 valence electrons. The minimum Gasteiger partial charge on any atom is -0.457 e. The molecule has 1 saturated heterocycles. The molecule has 0 aliphatic carbocycles. The van der Waals surface area contributed by atoms with Gasteiger partial charge in [-0.1, -0.05) is 97.3 Å². The van der Waals surface area contributed by atoms with E-state index in [0.29, 0.717) is 13.0 Å². The van der Waals surface area contributed by atoms with Crippen molar-refractivity contribution in [2.45, 2.75) is 153 Å². The van der Waals surface area contributed by atoms with Crippen molar-refractivity contribution in [2.24, 2.45) is 0 Å². The first-order valence-electron chi connectivity index (χ1n) is 15.1. The predicted molar refractivity (Wildman–Crippen MR) is 146 cm³/mol. The summed E-state index contributed by atoms with van der Waals surface area (Å²) < 4.78 is 22.2. The summed E-state index contributed by atoms with van der Waals surface area (Å²) in [5, 5.41) is 39.4. The Balaban J connectivity index is 2.25. The Morgan fingerprint density at radius 1 is 0.737 bits per heavy atom. The van der Waals surface area contributed by atoms with Gasteiger partial charge in [-0.25, -0.2) is 0 Å². The monoisotopic (exact) mass is 548 g/mol. The van der Waals surface area contributed by atoms with Crippen molar-refractivity contribution in [1.29, 1.82) is 0 Å². The Labute approximate surface area is 230 Å². The van der Waals surface area contributed by atoms with E-state index in [2.05, 4.69) is 6.92 Å². The van der Waals surface area contributed by atoms with Crippen LogP contribution in [0.2, 0.25) is 0 Å². The average molecular weight is 549 g/mol. The summed E-state index contributed by atoms with van der Waals surface area (Å²) in [5.41, 5.74) is 0. The van der Waals surface area contributed by atoms with E-state index in [4.69, 9.17) is 18.9 Å². The Hall–Kier alpha value is -0.810. The zero-order valence-corrected chi connectivity index (χ0v) is 23.9. The molecule has 0 bridgehead atoms. The molecule has 0 aromatic heterocycles. The van der Waals surface area contributed by atoms with Crippen LogP contribution in [0.5, 0.6) is 0 Å². The number of rotatable bonds is 24. The quantitative estimate of drug-likeness (QED) is 0.104. The summed E-state index contributed by atoms with van der Waals surface area (Å²) in [5.74, 6) is -0.348. The van der Waals surface area contributed by atoms with Gasteiger partial charge >= 0.3 is 5.97 Å². The van der Waals surface area contributed by atoms with Crippen LogP contribution >= 0.6 is 0 Å². The maximum atomic E-state index is 12.2. The maximum absolute atomic E-state index is 12.2. The fraction of sp³-hybridized carbons (Fsp3) is 0.966. The number of esters is 1. The molecule has 6 unspecified atom stereocenters. The minimum absolute atomic E-state index is 0.112. The first-order chi connectivity index (χ1) is 18.4. The Kier molecular flexibility index (Phi) is 21.3. The number of aliphatic hydroxyl groups is 4. The molecular formula is C29H56O9. The van der Waals surface area contributed by atoms with E-state index in [1.54, 1.807) is 0 Å². The number of aliphatic hydroxyl groups excluding tert-OH is 4. The fourth-order valence-corrected chi connectivity index (χ4v) is 4.53. The second-order valence-electron chi connectivity index (χ2n) is 10.6. The zero-order chi connectivity index (χ0) is 28.0. The van der Waals surface area contributed by atoms with Crippen LogP contribution in [-0.4, -0.2) is 89.6 Å². The molecule has 1 aliphatic rings. The average Bonchev–Trinajstić information content (AvgIpc) is 2.92. The maximum Gasteiger partial charge on any atom is 0.306 e. The van der Waals surface area contributed by atoms with Crippen molar-refractivity contribution >= 4 is 5.97 Å². The molecule has 0 radical (unpaired) electrons. The molecule has 0 saturated carbocycles. The van der Waals surface area contributed by atoms with E-state index in [1.165, 1.54) is 70.6 Å². The van der Waals surface area contributed by atoms with Gasteiger partial charge in [0.05, 0.1) is 19.8 Å². The third-order valence-corrected chi connectivity index (χ3v) is 7.02. The van der Waals surface area contributed by atoms with Crippen molar-refractivity contribution in [2.75, 3.05) is 26.4 Å².